The van der Waals surface area contributed by atoms with Crippen molar-refractivity contribution in [2.75, 3.05) is 0 Å². The molecule has 0 atom stereocenters. The maximum Gasteiger partial charge on any atom is -0.00202 e. The molecule has 0 fully saturated rings. The van der Waals surface area contributed by atoms with Crippen molar-refractivity contribution in [3.63, 3.8) is 0 Å². The average molecular weight is 1470 g/mol. The maximum absolute atomic E-state index is 2.38. The monoisotopic (exact) mass is 1470 g/mol. The Morgan fingerprint density at radius 3 is 0.759 bits per heavy atom. The molecular formula is C116H80. The lowest BCUT2D eigenvalue weighted by molar-refractivity contribution is 1.58. The third kappa shape index (κ3) is 11.7. The summed E-state index contributed by atoms with van der Waals surface area (Å²) in [7, 11) is 0. The zero-order valence-electron chi connectivity index (χ0n) is 65.3. The van der Waals surface area contributed by atoms with Gasteiger partial charge >= 0.3 is 0 Å². The highest BCUT2D eigenvalue weighted by atomic mass is 14.2. The summed E-state index contributed by atoms with van der Waals surface area (Å²) in [5, 5.41) is 42.1. The van der Waals surface area contributed by atoms with E-state index in [1.807, 2.05) is 0 Å². The second-order valence-corrected chi connectivity index (χ2v) is 31.2. The van der Waals surface area contributed by atoms with Crippen LogP contribution < -0.4 is 0 Å². The van der Waals surface area contributed by atoms with E-state index in [1.54, 1.807) is 0 Å². The third-order valence-corrected chi connectivity index (χ3v) is 24.9. The van der Waals surface area contributed by atoms with E-state index in [1.165, 1.54) is 239 Å². The number of hydrogen-bond acceptors (Lipinski definition) is 0. The highest BCUT2D eigenvalue weighted by Gasteiger charge is 2.21. The molecule has 116 heavy (non-hydrogen) atoms. The SMILES string of the molecule is Cc1c2ccccc2c(-c2cc3ccccc3c3ccccc23)c2ccccc12.Cc1c2ccccc2c(-c2ccc3ccccc3c2)c2ccccc12.Cc1c2ccccc2c(-c2cccc3c2ccc2cc4ccccc4cc23)c2ccccc12.Cc1c2ccccc2c(-c2cccc3c2ccc2ccccc23)c2ccccc12. The van der Waals surface area contributed by atoms with Crippen molar-refractivity contribution >= 4 is 172 Å². The molecule has 24 aromatic carbocycles. The molecule has 0 aromatic heterocycles. The third-order valence-electron chi connectivity index (χ3n) is 24.9. The maximum atomic E-state index is 2.38. The lowest BCUT2D eigenvalue weighted by Crippen LogP contribution is -1.91. The van der Waals surface area contributed by atoms with Crippen molar-refractivity contribution in [3.05, 3.63) is 435 Å². The van der Waals surface area contributed by atoms with Gasteiger partial charge in [-0.25, -0.2) is 0 Å². The van der Waals surface area contributed by atoms with E-state index >= 15 is 0 Å². The Morgan fingerprint density at radius 2 is 0.353 bits per heavy atom. The van der Waals surface area contributed by atoms with Crippen LogP contribution in [0.1, 0.15) is 22.3 Å². The lowest BCUT2D eigenvalue weighted by atomic mass is 9.86. The van der Waals surface area contributed by atoms with E-state index < -0.39 is 0 Å². The molecule has 0 amide bonds. The molecule has 0 aliphatic rings. The highest BCUT2D eigenvalue weighted by molar-refractivity contribution is 6.26. The van der Waals surface area contributed by atoms with Gasteiger partial charge in [0.1, 0.15) is 0 Å². The van der Waals surface area contributed by atoms with Crippen LogP contribution in [0, 0.1) is 27.7 Å². The van der Waals surface area contributed by atoms with E-state index in [9.17, 15) is 0 Å². The Labute approximate surface area is 674 Å². The van der Waals surface area contributed by atoms with Crippen molar-refractivity contribution in [2.45, 2.75) is 27.7 Å². The summed E-state index contributed by atoms with van der Waals surface area (Å²) in [4.78, 5) is 0. The summed E-state index contributed by atoms with van der Waals surface area (Å²) in [6, 6.07) is 150. The summed E-state index contributed by atoms with van der Waals surface area (Å²) in [5.74, 6) is 0. The summed E-state index contributed by atoms with van der Waals surface area (Å²) in [5.41, 5.74) is 16.0. The number of rotatable bonds is 4. The van der Waals surface area contributed by atoms with Gasteiger partial charge < -0.3 is 0 Å². The molecule has 24 aromatic rings. The van der Waals surface area contributed by atoms with Crippen molar-refractivity contribution < 1.29 is 0 Å². The van der Waals surface area contributed by atoms with E-state index in [0.717, 1.165) is 0 Å². The number of fused-ring (bicyclic) bond motifs is 19. The fraction of sp³-hybridized carbons (Fsp3) is 0.0345. The standard InChI is InChI=1S/C33H22.2C29H20.C25H18/c1-21-25-11-4-6-13-29(25)33(30-14-7-5-12-26(21)30)31-16-8-15-27-28(31)18-17-24-19-22-9-2-3-10-23(22)20-32(24)27;1-19-21-11-4-8-16-26(21)29(27-17-9-5-12-22(19)27)28-18-20-10-2-3-13-23(20)24-14-6-7-15-25(24)28;1-19-21-10-4-6-13-26(21)29(27-14-7-5-11-22(19)27)28-16-8-15-24-23-12-3-2-9-20(23)17-18-25(24)28;1-17-21-10-4-6-12-23(21)25(24-13-7-5-11-22(17)24)20-15-14-18-8-2-3-9-19(18)16-20/h2-20H,1H3;2*2-18H,1H3;2-16H,1H3. The second kappa shape index (κ2) is 28.9. The summed E-state index contributed by atoms with van der Waals surface area (Å²) < 4.78 is 0. The predicted molar refractivity (Wildman–Crippen MR) is 507 cm³/mol. The number of benzene rings is 24. The van der Waals surface area contributed by atoms with Crippen LogP contribution in [0.2, 0.25) is 0 Å². The molecule has 0 radical (unpaired) electrons. The molecule has 0 bridgehead atoms. The summed E-state index contributed by atoms with van der Waals surface area (Å²) >= 11 is 0. The molecule has 0 aliphatic carbocycles. The van der Waals surface area contributed by atoms with Crippen LogP contribution in [0.4, 0.5) is 0 Å². The Balaban J connectivity index is 0.0000000971. The molecule has 0 spiro atoms. The summed E-state index contributed by atoms with van der Waals surface area (Å²) in [6.07, 6.45) is 0. The van der Waals surface area contributed by atoms with E-state index in [2.05, 4.69) is 440 Å². The quantitative estimate of drug-likeness (QED) is 0.122. The minimum Gasteiger partial charge on any atom is -0.0616 e. The Kier molecular flexibility index (Phi) is 17.3. The second-order valence-electron chi connectivity index (χ2n) is 31.2. The molecular weight excluding hydrogens is 1390 g/mol. The smallest absolute Gasteiger partial charge is 0.00202 e. The fourth-order valence-electron chi connectivity index (χ4n) is 19.4. The highest BCUT2D eigenvalue weighted by Crippen LogP contribution is 2.48. The van der Waals surface area contributed by atoms with E-state index in [4.69, 9.17) is 0 Å². The number of aryl methyl sites for hydroxylation is 4. The van der Waals surface area contributed by atoms with Gasteiger partial charge in [-0.05, 0) is 291 Å². The van der Waals surface area contributed by atoms with Crippen molar-refractivity contribution in [3.8, 4) is 44.5 Å². The Bertz CT molecular complexity index is 7880. The predicted octanol–water partition coefficient (Wildman–Crippen LogP) is 33.1. The molecule has 0 N–H and O–H groups in total. The van der Waals surface area contributed by atoms with Crippen molar-refractivity contribution in [2.24, 2.45) is 0 Å². The van der Waals surface area contributed by atoms with Gasteiger partial charge in [0.25, 0.3) is 0 Å². The molecule has 0 nitrogen and oxygen atoms in total. The minimum atomic E-state index is 1.28. The van der Waals surface area contributed by atoms with E-state index in [-0.39, 0.29) is 0 Å². The zero-order valence-corrected chi connectivity index (χ0v) is 65.3. The Hall–Kier alpha value is -14.6. The first kappa shape index (κ1) is 69.4. The van der Waals surface area contributed by atoms with Crippen LogP contribution in [0.15, 0.2) is 413 Å². The summed E-state index contributed by atoms with van der Waals surface area (Å²) in [6.45, 7) is 8.96. The van der Waals surface area contributed by atoms with Crippen molar-refractivity contribution in [1.82, 2.24) is 0 Å². The van der Waals surface area contributed by atoms with Gasteiger partial charge in [0, 0.05) is 0 Å². The van der Waals surface area contributed by atoms with Crippen LogP contribution in [0.25, 0.3) is 217 Å². The first-order valence-electron chi connectivity index (χ1n) is 40.5. The fourth-order valence-corrected chi connectivity index (χ4v) is 19.4. The molecule has 0 saturated heterocycles. The molecule has 0 heterocycles. The molecule has 0 heteroatoms. The topological polar surface area (TPSA) is 0 Å². The van der Waals surface area contributed by atoms with Crippen LogP contribution >= 0.6 is 0 Å². The van der Waals surface area contributed by atoms with Crippen LogP contribution in [-0.2, 0) is 0 Å². The molecule has 0 aliphatic heterocycles. The van der Waals surface area contributed by atoms with Crippen LogP contribution in [0.5, 0.6) is 0 Å². The number of hydrogen-bond donors (Lipinski definition) is 0. The molecule has 0 unspecified atom stereocenters. The first-order chi connectivity index (χ1) is 57.3. The normalized spacial score (nSPS) is 11.6. The van der Waals surface area contributed by atoms with Gasteiger partial charge in [-0.1, -0.05) is 388 Å². The lowest BCUT2D eigenvalue weighted by Gasteiger charge is -2.18. The largest absolute Gasteiger partial charge is 0.0616 e. The van der Waals surface area contributed by atoms with Crippen LogP contribution in [-0.4, -0.2) is 0 Å². The van der Waals surface area contributed by atoms with Crippen LogP contribution in [0.3, 0.4) is 0 Å². The van der Waals surface area contributed by atoms with E-state index in [0.29, 0.717) is 0 Å². The molecule has 0 saturated carbocycles. The van der Waals surface area contributed by atoms with Gasteiger partial charge in [-0.15, -0.1) is 0 Å². The van der Waals surface area contributed by atoms with Gasteiger partial charge in [-0.3, -0.25) is 0 Å². The Morgan fingerprint density at radius 1 is 0.112 bits per heavy atom. The first-order valence-corrected chi connectivity index (χ1v) is 40.5. The van der Waals surface area contributed by atoms with Gasteiger partial charge in [0.15, 0.2) is 0 Å². The van der Waals surface area contributed by atoms with Gasteiger partial charge in [0.2, 0.25) is 0 Å². The average Bonchev–Trinajstić information content (AvgIpc) is 0.745. The minimum absolute atomic E-state index is 1.28. The molecule has 24 rings (SSSR count). The zero-order chi connectivity index (χ0) is 77.5. The molecule has 544 valence electrons. The van der Waals surface area contributed by atoms with Gasteiger partial charge in [0.05, 0.1) is 0 Å². The van der Waals surface area contributed by atoms with Crippen molar-refractivity contribution in [1.29, 1.82) is 0 Å². The van der Waals surface area contributed by atoms with Gasteiger partial charge in [-0.2, -0.15) is 0 Å².